The molecule has 0 unspecified atom stereocenters. The van der Waals surface area contributed by atoms with Crippen molar-refractivity contribution in [2.75, 3.05) is 12.4 Å². The molecule has 0 bridgehead atoms. The van der Waals surface area contributed by atoms with E-state index in [1.54, 1.807) is 6.07 Å². The molecule has 1 heterocycles. The van der Waals surface area contributed by atoms with E-state index in [0.29, 0.717) is 5.75 Å². The molecule has 3 nitrogen and oxygen atoms in total. The highest BCUT2D eigenvalue weighted by Gasteiger charge is 2.08. The van der Waals surface area contributed by atoms with Gasteiger partial charge >= 0.3 is 0 Å². The first-order valence-electron chi connectivity index (χ1n) is 5.69. The highest BCUT2D eigenvalue weighted by atomic mass is 127. The first-order chi connectivity index (χ1) is 9.10. The van der Waals surface area contributed by atoms with E-state index in [1.165, 1.54) is 23.9 Å². The van der Waals surface area contributed by atoms with Crippen LogP contribution in [0.15, 0.2) is 29.2 Å². The predicted octanol–water partition coefficient (Wildman–Crippen LogP) is 3.86. The summed E-state index contributed by atoms with van der Waals surface area (Å²) in [6, 6.07) is 6.54. The van der Waals surface area contributed by atoms with Crippen LogP contribution < -0.4 is 5.32 Å². The molecule has 0 atom stereocenters. The molecule has 2 rings (SSSR count). The van der Waals surface area contributed by atoms with Crippen LogP contribution in [0.25, 0.3) is 0 Å². The maximum atomic E-state index is 13.1. The van der Waals surface area contributed by atoms with Crippen LogP contribution >= 0.6 is 34.4 Å². The largest absolute Gasteiger partial charge is 0.372 e. The maximum absolute atomic E-state index is 13.1. The number of rotatable bonds is 4. The quantitative estimate of drug-likeness (QED) is 0.637. The van der Waals surface area contributed by atoms with Crippen molar-refractivity contribution < 1.29 is 4.39 Å². The molecule has 0 aliphatic heterocycles. The molecule has 100 valence electrons. The lowest BCUT2D eigenvalue weighted by Gasteiger charge is -2.08. The van der Waals surface area contributed by atoms with Gasteiger partial charge in [-0.3, -0.25) is 0 Å². The summed E-state index contributed by atoms with van der Waals surface area (Å²) in [5, 5.41) is 3.06. The Morgan fingerprint density at radius 2 is 2.16 bits per heavy atom. The number of aryl methyl sites for hydroxylation is 1. The van der Waals surface area contributed by atoms with Gasteiger partial charge in [0.1, 0.15) is 17.5 Å². The normalized spacial score (nSPS) is 10.5. The van der Waals surface area contributed by atoms with Crippen molar-refractivity contribution in [3.05, 3.63) is 45.2 Å². The lowest BCUT2D eigenvalue weighted by atomic mass is 10.4. The SMILES string of the molecule is CNc1nc(CSc2cccc(F)c2)nc(C)c1I. The zero-order chi connectivity index (χ0) is 13.8. The Bertz CT molecular complexity index is 592. The van der Waals surface area contributed by atoms with E-state index in [9.17, 15) is 4.39 Å². The highest BCUT2D eigenvalue weighted by Crippen LogP contribution is 2.24. The van der Waals surface area contributed by atoms with Crippen LogP contribution in [-0.4, -0.2) is 17.0 Å². The average molecular weight is 389 g/mol. The molecule has 0 saturated heterocycles. The Hall–Kier alpha value is -0.890. The summed E-state index contributed by atoms with van der Waals surface area (Å²) >= 11 is 3.75. The van der Waals surface area contributed by atoms with E-state index in [1.807, 2.05) is 20.0 Å². The number of halogens is 2. The monoisotopic (exact) mass is 389 g/mol. The van der Waals surface area contributed by atoms with Crippen LogP contribution in [-0.2, 0) is 5.75 Å². The zero-order valence-electron chi connectivity index (χ0n) is 10.6. The van der Waals surface area contributed by atoms with Crippen LogP contribution in [0.5, 0.6) is 0 Å². The van der Waals surface area contributed by atoms with Gasteiger partial charge in [-0.1, -0.05) is 6.07 Å². The fraction of sp³-hybridized carbons (Fsp3) is 0.231. The molecule has 2 aromatic rings. The molecule has 0 radical (unpaired) electrons. The molecule has 1 aromatic carbocycles. The third-order valence-corrected chi connectivity index (χ3v) is 4.75. The summed E-state index contributed by atoms with van der Waals surface area (Å²) in [4.78, 5) is 9.77. The van der Waals surface area contributed by atoms with Gasteiger partial charge in [0, 0.05) is 11.9 Å². The van der Waals surface area contributed by atoms with Gasteiger partial charge in [0.05, 0.1) is 15.0 Å². The van der Waals surface area contributed by atoms with Crippen molar-refractivity contribution in [1.29, 1.82) is 0 Å². The second kappa shape index (κ2) is 6.51. The molecule has 0 saturated carbocycles. The summed E-state index contributed by atoms with van der Waals surface area (Å²) in [7, 11) is 1.84. The second-order valence-corrected chi connectivity index (χ2v) is 6.01. The van der Waals surface area contributed by atoms with Crippen LogP contribution in [0.4, 0.5) is 10.2 Å². The number of aromatic nitrogens is 2. The van der Waals surface area contributed by atoms with E-state index in [-0.39, 0.29) is 5.82 Å². The average Bonchev–Trinajstić information content (AvgIpc) is 2.40. The van der Waals surface area contributed by atoms with Crippen molar-refractivity contribution in [1.82, 2.24) is 9.97 Å². The van der Waals surface area contributed by atoms with Gasteiger partial charge in [-0.25, -0.2) is 14.4 Å². The number of nitrogens with one attached hydrogen (secondary N) is 1. The Morgan fingerprint density at radius 1 is 1.37 bits per heavy atom. The molecule has 1 aromatic heterocycles. The molecule has 0 aliphatic carbocycles. The zero-order valence-corrected chi connectivity index (χ0v) is 13.5. The second-order valence-electron chi connectivity index (χ2n) is 3.88. The van der Waals surface area contributed by atoms with Crippen molar-refractivity contribution in [3.63, 3.8) is 0 Å². The van der Waals surface area contributed by atoms with E-state index in [4.69, 9.17) is 0 Å². The van der Waals surface area contributed by atoms with E-state index >= 15 is 0 Å². The van der Waals surface area contributed by atoms with Crippen LogP contribution in [0.2, 0.25) is 0 Å². The number of thioether (sulfide) groups is 1. The van der Waals surface area contributed by atoms with Gasteiger partial charge in [0.15, 0.2) is 0 Å². The molecule has 0 amide bonds. The molecule has 0 fully saturated rings. The van der Waals surface area contributed by atoms with Crippen LogP contribution in [0, 0.1) is 16.3 Å². The third kappa shape index (κ3) is 3.79. The predicted molar refractivity (Wildman–Crippen MR) is 85.0 cm³/mol. The highest BCUT2D eigenvalue weighted by molar-refractivity contribution is 14.1. The summed E-state index contributed by atoms with van der Waals surface area (Å²) in [6.07, 6.45) is 0. The molecular weight excluding hydrogens is 376 g/mol. The first kappa shape index (κ1) is 14.5. The first-order valence-corrected chi connectivity index (χ1v) is 7.75. The van der Waals surface area contributed by atoms with Gasteiger partial charge in [-0.2, -0.15) is 0 Å². The minimum atomic E-state index is -0.222. The Balaban J connectivity index is 2.13. The molecular formula is C13H13FIN3S. The van der Waals surface area contributed by atoms with Gasteiger partial charge in [0.2, 0.25) is 0 Å². The minimum Gasteiger partial charge on any atom is -0.372 e. The molecule has 0 spiro atoms. The maximum Gasteiger partial charge on any atom is 0.143 e. The fourth-order valence-corrected chi connectivity index (χ4v) is 2.86. The standard InChI is InChI=1S/C13H13FIN3S/c1-8-12(15)13(16-2)18-11(17-8)7-19-10-5-3-4-9(14)6-10/h3-6H,7H2,1-2H3,(H,16,17,18). The smallest absolute Gasteiger partial charge is 0.143 e. The van der Waals surface area contributed by atoms with Gasteiger partial charge in [0.25, 0.3) is 0 Å². The van der Waals surface area contributed by atoms with E-state index in [0.717, 1.165) is 25.8 Å². The summed E-state index contributed by atoms with van der Waals surface area (Å²) < 4.78 is 14.1. The Morgan fingerprint density at radius 3 is 2.84 bits per heavy atom. The molecule has 1 N–H and O–H groups in total. The summed E-state index contributed by atoms with van der Waals surface area (Å²) in [6.45, 7) is 1.96. The molecule has 0 aliphatic rings. The van der Waals surface area contributed by atoms with E-state index < -0.39 is 0 Å². The van der Waals surface area contributed by atoms with Gasteiger partial charge in [-0.05, 0) is 47.7 Å². The lowest BCUT2D eigenvalue weighted by molar-refractivity contribution is 0.624. The van der Waals surface area contributed by atoms with Crippen molar-refractivity contribution in [2.24, 2.45) is 0 Å². The number of hydrogen-bond donors (Lipinski definition) is 1. The van der Waals surface area contributed by atoms with E-state index in [2.05, 4.69) is 37.9 Å². The number of nitrogens with zero attached hydrogens (tertiary/aromatic N) is 2. The Labute approximate surface area is 129 Å². The fourth-order valence-electron chi connectivity index (χ4n) is 1.55. The van der Waals surface area contributed by atoms with Gasteiger partial charge in [-0.15, -0.1) is 11.8 Å². The van der Waals surface area contributed by atoms with Gasteiger partial charge < -0.3 is 5.32 Å². The van der Waals surface area contributed by atoms with Crippen molar-refractivity contribution in [2.45, 2.75) is 17.6 Å². The van der Waals surface area contributed by atoms with Crippen LogP contribution in [0.1, 0.15) is 11.5 Å². The number of anilines is 1. The topological polar surface area (TPSA) is 37.8 Å². The third-order valence-electron chi connectivity index (χ3n) is 2.46. The minimum absolute atomic E-state index is 0.222. The lowest BCUT2D eigenvalue weighted by Crippen LogP contribution is -2.04. The van der Waals surface area contributed by atoms with Crippen LogP contribution in [0.3, 0.4) is 0 Å². The summed E-state index contributed by atoms with van der Waals surface area (Å²) in [5.41, 5.74) is 0.954. The molecule has 19 heavy (non-hydrogen) atoms. The Kier molecular flexibility index (Phi) is 4.98. The molecule has 6 heteroatoms. The van der Waals surface area contributed by atoms with Crippen molar-refractivity contribution in [3.8, 4) is 0 Å². The van der Waals surface area contributed by atoms with Crippen molar-refractivity contribution >= 4 is 40.2 Å². The number of hydrogen-bond acceptors (Lipinski definition) is 4. The number of benzene rings is 1. The summed E-state index contributed by atoms with van der Waals surface area (Å²) in [5.74, 6) is 1.98.